The average molecular weight is 225 g/mol. The van der Waals surface area contributed by atoms with E-state index in [4.69, 9.17) is 9.15 Å². The van der Waals surface area contributed by atoms with Crippen LogP contribution >= 0.6 is 0 Å². The molecule has 1 aromatic rings. The van der Waals surface area contributed by atoms with Gasteiger partial charge in [-0.05, 0) is 46.2 Å². The molecule has 16 heavy (non-hydrogen) atoms. The van der Waals surface area contributed by atoms with E-state index < -0.39 is 11.7 Å². The zero-order valence-corrected chi connectivity index (χ0v) is 10.5. The molecule has 0 unspecified atom stereocenters. The van der Waals surface area contributed by atoms with Crippen molar-refractivity contribution in [3.8, 4) is 0 Å². The summed E-state index contributed by atoms with van der Waals surface area (Å²) in [7, 11) is 0. The third-order valence-electron chi connectivity index (χ3n) is 2.02. The summed E-state index contributed by atoms with van der Waals surface area (Å²) in [5.41, 5.74) is 0.611. The summed E-state index contributed by atoms with van der Waals surface area (Å²) in [4.78, 5) is 11.3. The molecule has 0 saturated carbocycles. The molecule has 1 N–H and O–H groups in total. The van der Waals surface area contributed by atoms with E-state index in [9.17, 15) is 4.79 Å². The van der Waals surface area contributed by atoms with Crippen molar-refractivity contribution in [1.82, 2.24) is 5.32 Å². The first-order valence-corrected chi connectivity index (χ1v) is 5.31. The Labute approximate surface area is 96.0 Å². The van der Waals surface area contributed by atoms with Crippen LogP contribution in [-0.4, -0.2) is 11.7 Å². The highest BCUT2D eigenvalue weighted by atomic mass is 16.6. The Kier molecular flexibility index (Phi) is 3.62. The maximum absolute atomic E-state index is 11.3. The van der Waals surface area contributed by atoms with Gasteiger partial charge in [-0.15, -0.1) is 0 Å². The van der Waals surface area contributed by atoms with E-state index in [-0.39, 0.29) is 0 Å². The number of alkyl carbamates (subject to hydrolysis) is 1. The summed E-state index contributed by atoms with van der Waals surface area (Å²) in [6.45, 7) is 9.70. The van der Waals surface area contributed by atoms with Crippen molar-refractivity contribution in [3.05, 3.63) is 23.2 Å². The van der Waals surface area contributed by atoms with Crippen LogP contribution in [0.2, 0.25) is 0 Å². The smallest absolute Gasteiger partial charge is 0.408 e. The molecule has 0 aliphatic rings. The normalized spacial score (nSPS) is 11.3. The molecule has 4 heteroatoms. The Hall–Kier alpha value is -1.45. The van der Waals surface area contributed by atoms with E-state index in [1.807, 2.05) is 40.7 Å². The average Bonchev–Trinajstić information content (AvgIpc) is 2.40. The van der Waals surface area contributed by atoms with Crippen LogP contribution in [0.3, 0.4) is 0 Å². The summed E-state index contributed by atoms with van der Waals surface area (Å²) in [5.74, 6) is 1.61. The number of carbonyl (C=O) groups is 1. The van der Waals surface area contributed by atoms with Crippen LogP contribution in [0.5, 0.6) is 0 Å². The number of ether oxygens (including phenoxy) is 1. The molecule has 0 fully saturated rings. The third kappa shape index (κ3) is 3.96. The molecule has 0 aliphatic carbocycles. The fraction of sp³-hybridized carbons (Fsp3) is 0.583. The van der Waals surface area contributed by atoms with Gasteiger partial charge in [-0.3, -0.25) is 0 Å². The highest BCUT2D eigenvalue weighted by molar-refractivity contribution is 5.67. The predicted octanol–water partition coefficient (Wildman–Crippen LogP) is 2.92. The molecule has 0 saturated heterocycles. The van der Waals surface area contributed by atoms with Gasteiger partial charge in [0.15, 0.2) is 0 Å². The monoisotopic (exact) mass is 225 g/mol. The van der Waals surface area contributed by atoms with Crippen molar-refractivity contribution < 1.29 is 13.9 Å². The number of hydrogen-bond donors (Lipinski definition) is 1. The van der Waals surface area contributed by atoms with Crippen molar-refractivity contribution in [2.75, 3.05) is 0 Å². The minimum Gasteiger partial charge on any atom is -0.464 e. The van der Waals surface area contributed by atoms with Gasteiger partial charge in [-0.25, -0.2) is 4.79 Å². The van der Waals surface area contributed by atoms with Crippen molar-refractivity contribution in [1.29, 1.82) is 0 Å². The summed E-state index contributed by atoms with van der Waals surface area (Å²) >= 11 is 0. The fourth-order valence-corrected chi connectivity index (χ4v) is 1.21. The maximum Gasteiger partial charge on any atom is 0.408 e. The molecule has 1 rings (SSSR count). The largest absolute Gasteiger partial charge is 0.464 e. The molecule has 0 atom stereocenters. The van der Waals surface area contributed by atoms with Gasteiger partial charge in [0.05, 0.1) is 6.54 Å². The van der Waals surface area contributed by atoms with Gasteiger partial charge < -0.3 is 14.5 Å². The molecule has 90 valence electrons. The molecule has 0 aliphatic heterocycles. The first-order valence-electron chi connectivity index (χ1n) is 5.31. The minimum absolute atomic E-state index is 0.351. The number of amides is 1. The van der Waals surface area contributed by atoms with Crippen LogP contribution in [-0.2, 0) is 11.3 Å². The van der Waals surface area contributed by atoms with Gasteiger partial charge >= 0.3 is 6.09 Å². The number of carbonyl (C=O) groups excluding carboxylic acids is 1. The van der Waals surface area contributed by atoms with Crippen molar-refractivity contribution in [2.24, 2.45) is 0 Å². The van der Waals surface area contributed by atoms with Gasteiger partial charge in [-0.1, -0.05) is 0 Å². The number of rotatable bonds is 2. The van der Waals surface area contributed by atoms with Crippen LogP contribution in [0.25, 0.3) is 0 Å². The molecule has 1 heterocycles. The molecular weight excluding hydrogens is 206 g/mol. The first kappa shape index (κ1) is 12.6. The number of aryl methyl sites for hydroxylation is 2. The van der Waals surface area contributed by atoms with E-state index in [1.54, 1.807) is 0 Å². The second-order valence-corrected chi connectivity index (χ2v) is 4.81. The second kappa shape index (κ2) is 4.60. The lowest BCUT2D eigenvalue weighted by Crippen LogP contribution is -2.32. The Morgan fingerprint density at radius 1 is 1.44 bits per heavy atom. The third-order valence-corrected chi connectivity index (χ3v) is 2.02. The fourth-order valence-electron chi connectivity index (χ4n) is 1.21. The van der Waals surface area contributed by atoms with E-state index in [1.165, 1.54) is 0 Å². The molecule has 0 spiro atoms. The van der Waals surface area contributed by atoms with E-state index >= 15 is 0 Å². The van der Waals surface area contributed by atoms with Crippen LogP contribution in [0.1, 0.15) is 37.9 Å². The van der Waals surface area contributed by atoms with Gasteiger partial charge in [-0.2, -0.15) is 0 Å². The second-order valence-electron chi connectivity index (χ2n) is 4.81. The molecule has 0 bridgehead atoms. The number of hydrogen-bond acceptors (Lipinski definition) is 3. The first-order chi connectivity index (χ1) is 7.28. The maximum atomic E-state index is 11.3. The highest BCUT2D eigenvalue weighted by Crippen LogP contribution is 2.13. The summed E-state index contributed by atoms with van der Waals surface area (Å²) in [6.07, 6.45) is -0.431. The van der Waals surface area contributed by atoms with Crippen LogP contribution in [0, 0.1) is 13.8 Å². The molecule has 1 amide bonds. The molecule has 0 aromatic carbocycles. The van der Waals surface area contributed by atoms with Crippen molar-refractivity contribution >= 4 is 6.09 Å². The Morgan fingerprint density at radius 2 is 2.06 bits per heavy atom. The quantitative estimate of drug-likeness (QED) is 0.841. The van der Waals surface area contributed by atoms with E-state index in [2.05, 4.69) is 5.32 Å². The minimum atomic E-state index is -0.473. The highest BCUT2D eigenvalue weighted by Gasteiger charge is 2.16. The topological polar surface area (TPSA) is 51.5 Å². The molecule has 4 nitrogen and oxygen atoms in total. The zero-order chi connectivity index (χ0) is 12.3. The SMILES string of the molecule is Cc1cc(CNC(=O)OC(C)(C)C)oc1C. The molecule has 0 radical (unpaired) electrons. The van der Waals surface area contributed by atoms with E-state index in [0.29, 0.717) is 6.54 Å². The summed E-state index contributed by atoms with van der Waals surface area (Å²) in [5, 5.41) is 2.64. The molecular formula is C12H19NO3. The van der Waals surface area contributed by atoms with Crippen molar-refractivity contribution in [2.45, 2.75) is 46.8 Å². The lowest BCUT2D eigenvalue weighted by molar-refractivity contribution is 0.0519. The van der Waals surface area contributed by atoms with Crippen molar-refractivity contribution in [3.63, 3.8) is 0 Å². The Balaban J connectivity index is 2.43. The summed E-state index contributed by atoms with van der Waals surface area (Å²) in [6, 6.07) is 1.91. The van der Waals surface area contributed by atoms with Crippen LogP contribution in [0.15, 0.2) is 10.5 Å². The van der Waals surface area contributed by atoms with Gasteiger partial charge in [0.1, 0.15) is 17.1 Å². The van der Waals surface area contributed by atoms with E-state index in [0.717, 1.165) is 17.1 Å². The van der Waals surface area contributed by atoms with Gasteiger partial charge in [0.25, 0.3) is 0 Å². The number of furan rings is 1. The molecule has 1 aromatic heterocycles. The standard InChI is InChI=1S/C12H19NO3/c1-8-6-10(15-9(8)2)7-13-11(14)16-12(3,4)5/h6H,7H2,1-5H3,(H,13,14). The zero-order valence-electron chi connectivity index (χ0n) is 10.5. The lowest BCUT2D eigenvalue weighted by Gasteiger charge is -2.19. The summed E-state index contributed by atoms with van der Waals surface area (Å²) < 4.78 is 10.5. The predicted molar refractivity (Wildman–Crippen MR) is 61.3 cm³/mol. The van der Waals surface area contributed by atoms with Crippen LogP contribution < -0.4 is 5.32 Å². The Morgan fingerprint density at radius 3 is 2.50 bits per heavy atom. The van der Waals surface area contributed by atoms with Crippen LogP contribution in [0.4, 0.5) is 4.79 Å². The van der Waals surface area contributed by atoms with Gasteiger partial charge in [0.2, 0.25) is 0 Å². The number of nitrogens with one attached hydrogen (secondary N) is 1. The van der Waals surface area contributed by atoms with Gasteiger partial charge in [0, 0.05) is 0 Å². The Bertz CT molecular complexity index is 355. The lowest BCUT2D eigenvalue weighted by atomic mass is 10.2.